The molecule has 3 heterocycles. The number of aromatic nitrogens is 1. The third kappa shape index (κ3) is 3.44. The largest absolute Gasteiger partial charge is 0.390 e. The van der Waals surface area contributed by atoms with E-state index in [4.69, 9.17) is 4.74 Å². The van der Waals surface area contributed by atoms with Crippen molar-refractivity contribution in [1.82, 2.24) is 9.88 Å². The minimum absolute atomic E-state index is 0.254. The monoisotopic (exact) mass is 290 g/mol. The molecule has 0 radical (unpaired) electrons. The summed E-state index contributed by atoms with van der Waals surface area (Å²) in [7, 11) is 0. The molecule has 116 valence electrons. The van der Waals surface area contributed by atoms with Crippen molar-refractivity contribution in [2.75, 3.05) is 26.2 Å². The Kier molecular flexibility index (Phi) is 4.57. The fourth-order valence-electron chi connectivity index (χ4n) is 3.56. The van der Waals surface area contributed by atoms with Crippen LogP contribution in [0.5, 0.6) is 0 Å². The SMILES string of the molecule is Cc1cccc(CCN2CCC3(CC2)OCCC[C@@H]3O)n1. The smallest absolute Gasteiger partial charge is 0.0964 e. The van der Waals surface area contributed by atoms with E-state index in [2.05, 4.69) is 22.0 Å². The third-order valence-electron chi connectivity index (χ3n) is 4.95. The molecule has 2 fully saturated rings. The van der Waals surface area contributed by atoms with Gasteiger partial charge in [0.2, 0.25) is 0 Å². The predicted octanol–water partition coefficient (Wildman–Crippen LogP) is 1.94. The highest BCUT2D eigenvalue weighted by molar-refractivity contribution is 5.10. The van der Waals surface area contributed by atoms with Crippen LogP contribution >= 0.6 is 0 Å². The maximum Gasteiger partial charge on any atom is 0.0964 e. The molecule has 2 saturated heterocycles. The van der Waals surface area contributed by atoms with E-state index in [-0.39, 0.29) is 11.7 Å². The third-order valence-corrected chi connectivity index (χ3v) is 4.95. The van der Waals surface area contributed by atoms with E-state index in [1.807, 2.05) is 13.0 Å². The van der Waals surface area contributed by atoms with Gasteiger partial charge in [-0.1, -0.05) is 6.07 Å². The van der Waals surface area contributed by atoms with Crippen molar-refractivity contribution < 1.29 is 9.84 Å². The molecule has 21 heavy (non-hydrogen) atoms. The average Bonchev–Trinajstić information content (AvgIpc) is 2.50. The maximum absolute atomic E-state index is 10.3. The molecule has 0 saturated carbocycles. The molecular formula is C17H26N2O2. The first-order chi connectivity index (χ1) is 10.2. The van der Waals surface area contributed by atoms with Crippen LogP contribution in [0.3, 0.4) is 0 Å². The highest BCUT2D eigenvalue weighted by atomic mass is 16.5. The van der Waals surface area contributed by atoms with E-state index in [0.29, 0.717) is 0 Å². The van der Waals surface area contributed by atoms with Gasteiger partial charge in [-0.2, -0.15) is 0 Å². The lowest BCUT2D eigenvalue weighted by Gasteiger charge is -2.46. The van der Waals surface area contributed by atoms with Gasteiger partial charge in [-0.25, -0.2) is 0 Å². The van der Waals surface area contributed by atoms with Crippen molar-refractivity contribution in [2.45, 2.75) is 50.7 Å². The molecule has 4 nitrogen and oxygen atoms in total. The van der Waals surface area contributed by atoms with Crippen molar-refractivity contribution in [3.63, 3.8) is 0 Å². The van der Waals surface area contributed by atoms with Crippen LogP contribution < -0.4 is 0 Å². The molecule has 2 aliphatic heterocycles. The highest BCUT2D eigenvalue weighted by Gasteiger charge is 2.43. The second kappa shape index (κ2) is 6.42. The number of likely N-dealkylation sites (tertiary alicyclic amines) is 1. The molecule has 1 atom stereocenters. The number of pyridine rings is 1. The lowest BCUT2D eigenvalue weighted by atomic mass is 9.82. The van der Waals surface area contributed by atoms with E-state index in [1.165, 1.54) is 5.69 Å². The van der Waals surface area contributed by atoms with Gasteiger partial charge in [0, 0.05) is 44.0 Å². The molecule has 1 spiro atoms. The fraction of sp³-hybridized carbons (Fsp3) is 0.706. The molecule has 0 aliphatic carbocycles. The second-order valence-corrected chi connectivity index (χ2v) is 6.43. The van der Waals surface area contributed by atoms with Crippen molar-refractivity contribution in [1.29, 1.82) is 0 Å². The van der Waals surface area contributed by atoms with Crippen LogP contribution in [0.4, 0.5) is 0 Å². The fourth-order valence-corrected chi connectivity index (χ4v) is 3.56. The number of aliphatic hydroxyl groups is 1. The van der Waals surface area contributed by atoms with Gasteiger partial charge in [0.1, 0.15) is 0 Å². The van der Waals surface area contributed by atoms with Crippen LogP contribution in [-0.4, -0.2) is 52.9 Å². The summed E-state index contributed by atoms with van der Waals surface area (Å²) in [5.74, 6) is 0. The second-order valence-electron chi connectivity index (χ2n) is 6.43. The average molecular weight is 290 g/mol. The van der Waals surface area contributed by atoms with E-state index < -0.39 is 0 Å². The predicted molar refractivity (Wildman–Crippen MR) is 82.3 cm³/mol. The Labute approximate surface area is 127 Å². The van der Waals surface area contributed by atoms with Gasteiger partial charge in [-0.05, 0) is 44.7 Å². The quantitative estimate of drug-likeness (QED) is 0.924. The Balaban J connectivity index is 1.49. The Morgan fingerprint density at radius 3 is 2.90 bits per heavy atom. The Morgan fingerprint density at radius 2 is 2.19 bits per heavy atom. The van der Waals surface area contributed by atoms with E-state index in [0.717, 1.165) is 64.0 Å². The molecule has 1 aromatic heterocycles. The summed E-state index contributed by atoms with van der Waals surface area (Å²) >= 11 is 0. The van der Waals surface area contributed by atoms with Crippen LogP contribution in [0, 0.1) is 6.92 Å². The van der Waals surface area contributed by atoms with Crippen LogP contribution in [0.2, 0.25) is 0 Å². The zero-order valence-corrected chi connectivity index (χ0v) is 12.9. The molecule has 2 aliphatic rings. The summed E-state index contributed by atoms with van der Waals surface area (Å²) in [4.78, 5) is 7.03. The van der Waals surface area contributed by atoms with Gasteiger partial charge in [-0.15, -0.1) is 0 Å². The summed E-state index contributed by atoms with van der Waals surface area (Å²) in [6.07, 6.45) is 4.52. The molecule has 0 amide bonds. The standard InChI is InChI=1S/C17H26N2O2/c1-14-4-2-5-15(18-14)7-10-19-11-8-17(9-12-19)16(20)6-3-13-21-17/h2,4-5,16,20H,3,6-13H2,1H3/t16-/m0/s1. The first-order valence-corrected chi connectivity index (χ1v) is 8.15. The maximum atomic E-state index is 10.3. The number of rotatable bonds is 3. The number of hydrogen-bond donors (Lipinski definition) is 1. The lowest BCUT2D eigenvalue weighted by Crippen LogP contribution is -2.55. The summed E-state index contributed by atoms with van der Waals surface area (Å²) < 4.78 is 5.96. The molecule has 1 aromatic rings. The minimum atomic E-state index is -0.271. The molecule has 0 aromatic carbocycles. The van der Waals surface area contributed by atoms with E-state index in [9.17, 15) is 5.11 Å². The van der Waals surface area contributed by atoms with Crippen LogP contribution in [0.25, 0.3) is 0 Å². The van der Waals surface area contributed by atoms with Gasteiger partial charge in [0.25, 0.3) is 0 Å². The summed E-state index contributed by atoms with van der Waals surface area (Å²) in [5, 5.41) is 10.3. The van der Waals surface area contributed by atoms with Crippen molar-refractivity contribution in [2.24, 2.45) is 0 Å². The van der Waals surface area contributed by atoms with Crippen LogP contribution in [0.1, 0.15) is 37.1 Å². The molecule has 0 bridgehead atoms. The summed E-state index contributed by atoms with van der Waals surface area (Å²) in [6.45, 7) is 5.93. The van der Waals surface area contributed by atoms with Gasteiger partial charge < -0.3 is 14.7 Å². The van der Waals surface area contributed by atoms with E-state index in [1.54, 1.807) is 0 Å². The molecule has 1 N–H and O–H groups in total. The van der Waals surface area contributed by atoms with Gasteiger partial charge in [0.05, 0.1) is 11.7 Å². The Bertz CT molecular complexity index is 470. The lowest BCUT2D eigenvalue weighted by molar-refractivity contribution is -0.176. The number of nitrogens with zero attached hydrogens (tertiary/aromatic N) is 2. The van der Waals surface area contributed by atoms with Gasteiger partial charge in [0.15, 0.2) is 0 Å². The van der Waals surface area contributed by atoms with Gasteiger partial charge in [-0.3, -0.25) is 4.98 Å². The van der Waals surface area contributed by atoms with Crippen LogP contribution in [-0.2, 0) is 11.2 Å². The first-order valence-electron chi connectivity index (χ1n) is 8.15. The molecule has 0 unspecified atom stereocenters. The minimum Gasteiger partial charge on any atom is -0.390 e. The van der Waals surface area contributed by atoms with Crippen molar-refractivity contribution in [3.8, 4) is 0 Å². The number of piperidine rings is 1. The first kappa shape index (κ1) is 14.9. The topological polar surface area (TPSA) is 45.6 Å². The van der Waals surface area contributed by atoms with E-state index >= 15 is 0 Å². The number of hydrogen-bond acceptors (Lipinski definition) is 4. The van der Waals surface area contributed by atoms with Gasteiger partial charge >= 0.3 is 0 Å². The number of aryl methyl sites for hydroxylation is 1. The van der Waals surface area contributed by atoms with Crippen molar-refractivity contribution in [3.05, 3.63) is 29.6 Å². The normalized spacial score (nSPS) is 26.1. The number of ether oxygens (including phenoxy) is 1. The summed E-state index contributed by atoms with van der Waals surface area (Å²) in [6, 6.07) is 6.22. The molecule has 3 rings (SSSR count). The number of aliphatic hydroxyl groups excluding tert-OH is 1. The zero-order valence-electron chi connectivity index (χ0n) is 12.9. The Morgan fingerprint density at radius 1 is 1.38 bits per heavy atom. The van der Waals surface area contributed by atoms with Crippen molar-refractivity contribution >= 4 is 0 Å². The van der Waals surface area contributed by atoms with Crippen LogP contribution in [0.15, 0.2) is 18.2 Å². The zero-order chi connectivity index (χ0) is 14.7. The molecular weight excluding hydrogens is 264 g/mol. The Hall–Kier alpha value is -0.970. The summed E-state index contributed by atoms with van der Waals surface area (Å²) in [5.41, 5.74) is 2.00. The highest BCUT2D eigenvalue weighted by Crippen LogP contribution is 2.35. The molecule has 4 heteroatoms.